The van der Waals surface area contributed by atoms with Crippen LogP contribution in [0.1, 0.15) is 45.4 Å². The summed E-state index contributed by atoms with van der Waals surface area (Å²) in [5.74, 6) is -0.861. The van der Waals surface area contributed by atoms with Gasteiger partial charge in [-0.25, -0.2) is 0 Å². The van der Waals surface area contributed by atoms with Crippen molar-refractivity contribution in [3.8, 4) is 0 Å². The number of rotatable bonds is 1. The molecule has 0 spiro atoms. The number of hydrogen-bond acceptors (Lipinski definition) is 1. The molecule has 0 aromatic carbocycles. The van der Waals surface area contributed by atoms with Crippen LogP contribution in [0.25, 0.3) is 0 Å². The van der Waals surface area contributed by atoms with Crippen LogP contribution in [0.15, 0.2) is 0 Å². The van der Waals surface area contributed by atoms with Crippen LogP contribution < -0.4 is 0 Å². The number of piperidine rings is 1. The standard InChI is InChI=1S/C13H22F3N/c1-10-7-11(13(14,15)16)9-12(8-10)17-5-3-2-4-6-17/h10-12H,2-9H2,1H3. The van der Waals surface area contributed by atoms with Crippen LogP contribution in [0.2, 0.25) is 0 Å². The number of nitrogens with zero attached hydrogens (tertiary/aromatic N) is 1. The summed E-state index contributed by atoms with van der Waals surface area (Å²) in [6, 6.07) is 0.172. The van der Waals surface area contributed by atoms with Gasteiger partial charge in [-0.15, -0.1) is 0 Å². The Hall–Kier alpha value is -0.250. The molecule has 2 fully saturated rings. The molecular weight excluding hydrogens is 227 g/mol. The fraction of sp³-hybridized carbons (Fsp3) is 1.00. The molecule has 17 heavy (non-hydrogen) atoms. The van der Waals surface area contributed by atoms with E-state index >= 15 is 0 Å². The summed E-state index contributed by atoms with van der Waals surface area (Å²) in [5.41, 5.74) is 0. The molecule has 1 nitrogen and oxygen atoms in total. The first-order valence-electron chi connectivity index (χ1n) is 6.77. The molecule has 0 N–H and O–H groups in total. The van der Waals surface area contributed by atoms with Gasteiger partial charge in [-0.05, 0) is 51.1 Å². The molecule has 0 radical (unpaired) electrons. The van der Waals surface area contributed by atoms with Gasteiger partial charge in [-0.2, -0.15) is 13.2 Å². The molecule has 1 saturated carbocycles. The third-order valence-electron chi connectivity index (χ3n) is 4.29. The SMILES string of the molecule is CC1CC(N2CCCCC2)CC(C(F)(F)F)C1. The molecule has 0 aromatic rings. The van der Waals surface area contributed by atoms with Crippen molar-refractivity contribution < 1.29 is 13.2 Å². The molecule has 0 aromatic heterocycles. The van der Waals surface area contributed by atoms with Gasteiger partial charge in [0, 0.05) is 6.04 Å². The summed E-state index contributed by atoms with van der Waals surface area (Å²) < 4.78 is 38.5. The molecular formula is C13H22F3N. The van der Waals surface area contributed by atoms with E-state index in [0.29, 0.717) is 12.8 Å². The summed E-state index contributed by atoms with van der Waals surface area (Å²) in [6.45, 7) is 3.97. The van der Waals surface area contributed by atoms with Crippen LogP contribution in [-0.2, 0) is 0 Å². The first-order valence-corrected chi connectivity index (χ1v) is 6.77. The van der Waals surface area contributed by atoms with E-state index in [1.165, 1.54) is 6.42 Å². The Morgan fingerprint density at radius 3 is 2.18 bits per heavy atom. The Balaban J connectivity index is 1.97. The topological polar surface area (TPSA) is 3.24 Å². The Morgan fingerprint density at radius 2 is 1.59 bits per heavy atom. The lowest BCUT2D eigenvalue weighted by atomic mass is 9.78. The Kier molecular flexibility index (Phi) is 4.01. The molecule has 4 heteroatoms. The Bertz CT molecular complexity index is 246. The van der Waals surface area contributed by atoms with Gasteiger partial charge in [0.15, 0.2) is 0 Å². The lowest BCUT2D eigenvalue weighted by Crippen LogP contribution is -2.45. The molecule has 2 rings (SSSR count). The molecule has 1 heterocycles. The van der Waals surface area contributed by atoms with E-state index in [1.54, 1.807) is 0 Å². The van der Waals surface area contributed by atoms with Crippen molar-refractivity contribution in [1.82, 2.24) is 4.90 Å². The van der Waals surface area contributed by atoms with E-state index in [4.69, 9.17) is 0 Å². The number of alkyl halides is 3. The van der Waals surface area contributed by atoms with Crippen LogP contribution in [0, 0.1) is 11.8 Å². The van der Waals surface area contributed by atoms with E-state index in [0.717, 1.165) is 32.4 Å². The van der Waals surface area contributed by atoms with Crippen molar-refractivity contribution >= 4 is 0 Å². The normalized spacial score (nSPS) is 37.1. The van der Waals surface area contributed by atoms with Gasteiger partial charge in [-0.3, -0.25) is 0 Å². The van der Waals surface area contributed by atoms with E-state index in [-0.39, 0.29) is 12.0 Å². The zero-order valence-corrected chi connectivity index (χ0v) is 10.5. The maximum absolute atomic E-state index is 12.8. The highest BCUT2D eigenvalue weighted by molar-refractivity contribution is 4.87. The fourth-order valence-corrected chi connectivity index (χ4v) is 3.42. The van der Waals surface area contributed by atoms with Crippen LogP contribution >= 0.6 is 0 Å². The van der Waals surface area contributed by atoms with Crippen molar-refractivity contribution in [2.24, 2.45) is 11.8 Å². The Labute approximate surface area is 101 Å². The number of likely N-dealkylation sites (tertiary alicyclic amines) is 1. The van der Waals surface area contributed by atoms with Crippen LogP contribution in [-0.4, -0.2) is 30.2 Å². The minimum absolute atomic E-state index is 0.172. The highest BCUT2D eigenvalue weighted by Gasteiger charge is 2.45. The average Bonchev–Trinajstić information content (AvgIpc) is 2.28. The predicted octanol–water partition coefficient (Wildman–Crippen LogP) is 3.84. The van der Waals surface area contributed by atoms with Crippen molar-refractivity contribution in [1.29, 1.82) is 0 Å². The number of hydrogen-bond donors (Lipinski definition) is 0. The minimum Gasteiger partial charge on any atom is -0.300 e. The second-order valence-corrected chi connectivity index (χ2v) is 5.80. The zero-order chi connectivity index (χ0) is 12.5. The van der Waals surface area contributed by atoms with Crippen LogP contribution in [0.5, 0.6) is 0 Å². The smallest absolute Gasteiger partial charge is 0.300 e. The maximum atomic E-state index is 12.8. The predicted molar refractivity (Wildman–Crippen MR) is 61.8 cm³/mol. The van der Waals surface area contributed by atoms with Crippen LogP contribution in [0.3, 0.4) is 0 Å². The third kappa shape index (κ3) is 3.36. The van der Waals surface area contributed by atoms with Crippen molar-refractivity contribution in [3.63, 3.8) is 0 Å². The fourth-order valence-electron chi connectivity index (χ4n) is 3.42. The van der Waals surface area contributed by atoms with E-state index in [2.05, 4.69) is 4.90 Å². The molecule has 1 aliphatic heterocycles. The highest BCUT2D eigenvalue weighted by atomic mass is 19.4. The van der Waals surface area contributed by atoms with Gasteiger partial charge in [0.05, 0.1) is 5.92 Å². The van der Waals surface area contributed by atoms with Crippen molar-refractivity contribution in [2.45, 2.75) is 57.7 Å². The number of halogens is 3. The van der Waals surface area contributed by atoms with E-state index in [9.17, 15) is 13.2 Å². The Morgan fingerprint density at radius 1 is 0.941 bits per heavy atom. The highest BCUT2D eigenvalue weighted by Crippen LogP contribution is 2.41. The first kappa shape index (κ1) is 13.2. The van der Waals surface area contributed by atoms with Gasteiger partial charge < -0.3 is 4.90 Å². The summed E-state index contributed by atoms with van der Waals surface area (Å²) in [6.07, 6.45) is 1.15. The molecule has 3 atom stereocenters. The molecule has 1 aliphatic carbocycles. The minimum atomic E-state index is -4.00. The summed E-state index contributed by atoms with van der Waals surface area (Å²) in [7, 11) is 0. The van der Waals surface area contributed by atoms with Crippen molar-refractivity contribution in [3.05, 3.63) is 0 Å². The van der Waals surface area contributed by atoms with Crippen molar-refractivity contribution in [2.75, 3.05) is 13.1 Å². The maximum Gasteiger partial charge on any atom is 0.391 e. The van der Waals surface area contributed by atoms with Gasteiger partial charge >= 0.3 is 6.18 Å². The van der Waals surface area contributed by atoms with Gasteiger partial charge in [0.25, 0.3) is 0 Å². The zero-order valence-electron chi connectivity index (χ0n) is 10.5. The van der Waals surface area contributed by atoms with E-state index < -0.39 is 12.1 Å². The molecule has 100 valence electrons. The monoisotopic (exact) mass is 249 g/mol. The van der Waals surface area contributed by atoms with Crippen LogP contribution in [0.4, 0.5) is 13.2 Å². The van der Waals surface area contributed by atoms with E-state index in [1.807, 2.05) is 6.92 Å². The van der Waals surface area contributed by atoms with Gasteiger partial charge in [0.1, 0.15) is 0 Å². The lowest BCUT2D eigenvalue weighted by molar-refractivity contribution is -0.191. The summed E-state index contributed by atoms with van der Waals surface area (Å²) in [4.78, 5) is 2.30. The second kappa shape index (κ2) is 5.17. The third-order valence-corrected chi connectivity index (χ3v) is 4.29. The van der Waals surface area contributed by atoms with Gasteiger partial charge in [0.2, 0.25) is 0 Å². The van der Waals surface area contributed by atoms with Gasteiger partial charge in [-0.1, -0.05) is 13.3 Å². The molecule has 0 bridgehead atoms. The lowest BCUT2D eigenvalue weighted by Gasteiger charge is -2.42. The summed E-state index contributed by atoms with van der Waals surface area (Å²) >= 11 is 0. The molecule has 0 amide bonds. The molecule has 3 unspecified atom stereocenters. The molecule has 1 saturated heterocycles. The summed E-state index contributed by atoms with van der Waals surface area (Å²) in [5, 5.41) is 0. The average molecular weight is 249 g/mol. The quantitative estimate of drug-likeness (QED) is 0.682. The molecule has 2 aliphatic rings. The largest absolute Gasteiger partial charge is 0.391 e. The second-order valence-electron chi connectivity index (χ2n) is 5.80. The first-order chi connectivity index (χ1) is 7.97.